The molecule has 0 spiro atoms. The first-order chi connectivity index (χ1) is 11.3. The van der Waals surface area contributed by atoms with Crippen LogP contribution in [-0.4, -0.2) is 18.4 Å². The Labute approximate surface area is 144 Å². The van der Waals surface area contributed by atoms with E-state index in [1.807, 2.05) is 6.92 Å². The summed E-state index contributed by atoms with van der Waals surface area (Å²) < 4.78 is 5.81. The Morgan fingerprint density at radius 1 is 1.29 bits per heavy atom. The van der Waals surface area contributed by atoms with Gasteiger partial charge in [-0.15, -0.1) is 0 Å². The lowest BCUT2D eigenvalue weighted by molar-refractivity contribution is -0.122. The van der Waals surface area contributed by atoms with Crippen molar-refractivity contribution in [2.24, 2.45) is 5.41 Å². The van der Waals surface area contributed by atoms with E-state index in [4.69, 9.17) is 4.42 Å². The number of unbranched alkanes of at least 4 members (excludes halogenated alkanes) is 2. The Balaban J connectivity index is 1.80. The largest absolute Gasteiger partial charge is 0.466 e. The highest BCUT2D eigenvalue weighted by Crippen LogP contribution is 2.42. The Hall–Kier alpha value is -1.78. The first kappa shape index (κ1) is 18.6. The molecule has 2 rings (SSSR count). The average molecular weight is 334 g/mol. The van der Waals surface area contributed by atoms with Gasteiger partial charge in [0, 0.05) is 31.9 Å². The summed E-state index contributed by atoms with van der Waals surface area (Å²) in [4.78, 5) is 23.0. The molecule has 1 aromatic rings. The van der Waals surface area contributed by atoms with Gasteiger partial charge < -0.3 is 15.1 Å². The first-order valence-corrected chi connectivity index (χ1v) is 8.90. The van der Waals surface area contributed by atoms with Crippen molar-refractivity contribution < 1.29 is 14.0 Å². The zero-order valence-corrected chi connectivity index (χ0v) is 15.3. The van der Waals surface area contributed by atoms with Crippen LogP contribution in [0, 0.1) is 12.3 Å². The van der Waals surface area contributed by atoms with Crippen molar-refractivity contribution in [1.29, 1.82) is 0 Å². The maximum atomic E-state index is 12.3. The van der Waals surface area contributed by atoms with Crippen molar-refractivity contribution in [2.45, 2.75) is 72.3 Å². The molecule has 134 valence electrons. The van der Waals surface area contributed by atoms with Crippen molar-refractivity contribution >= 4 is 11.8 Å². The molecule has 2 N–H and O–H groups in total. The third-order valence-corrected chi connectivity index (χ3v) is 4.53. The van der Waals surface area contributed by atoms with Crippen LogP contribution in [0.5, 0.6) is 0 Å². The number of fused-ring (bicyclic) bond motifs is 1. The van der Waals surface area contributed by atoms with Gasteiger partial charge in [-0.2, -0.15) is 0 Å². The molecule has 0 radical (unpaired) electrons. The van der Waals surface area contributed by atoms with Crippen LogP contribution in [0.4, 0.5) is 0 Å². The van der Waals surface area contributed by atoms with Crippen molar-refractivity contribution in [2.75, 3.05) is 6.54 Å². The molecule has 1 aliphatic rings. The van der Waals surface area contributed by atoms with E-state index in [9.17, 15) is 9.59 Å². The number of rotatable bonds is 7. The highest BCUT2D eigenvalue weighted by molar-refractivity contribution is 5.76. The number of carbonyl (C=O) groups is 2. The van der Waals surface area contributed by atoms with Crippen LogP contribution in [-0.2, 0) is 16.0 Å². The van der Waals surface area contributed by atoms with E-state index in [1.165, 1.54) is 6.92 Å². The van der Waals surface area contributed by atoms with Gasteiger partial charge in [-0.1, -0.05) is 20.3 Å². The number of aryl methyl sites for hydroxylation is 1. The molecule has 0 fully saturated rings. The molecule has 24 heavy (non-hydrogen) atoms. The van der Waals surface area contributed by atoms with E-state index in [1.54, 1.807) is 0 Å². The van der Waals surface area contributed by atoms with Crippen LogP contribution >= 0.6 is 0 Å². The molecular weight excluding hydrogens is 304 g/mol. The van der Waals surface area contributed by atoms with E-state index in [-0.39, 0.29) is 23.3 Å². The molecule has 1 atom stereocenters. The minimum atomic E-state index is -0.00105. The highest BCUT2D eigenvalue weighted by atomic mass is 16.3. The third kappa shape index (κ3) is 5.39. The van der Waals surface area contributed by atoms with Gasteiger partial charge in [0.25, 0.3) is 0 Å². The van der Waals surface area contributed by atoms with Crippen molar-refractivity contribution in [3.63, 3.8) is 0 Å². The molecule has 0 aromatic carbocycles. The molecule has 0 saturated carbocycles. The zero-order chi connectivity index (χ0) is 17.7. The second-order valence-electron chi connectivity index (χ2n) is 7.69. The van der Waals surface area contributed by atoms with E-state index >= 15 is 0 Å². The highest BCUT2D eigenvalue weighted by Gasteiger charge is 2.35. The Morgan fingerprint density at radius 2 is 2.04 bits per heavy atom. The van der Waals surface area contributed by atoms with Gasteiger partial charge in [0.15, 0.2) is 0 Å². The quantitative estimate of drug-likeness (QED) is 0.751. The summed E-state index contributed by atoms with van der Waals surface area (Å²) in [5.74, 6) is 2.03. The fraction of sp³-hybridized carbons (Fsp3) is 0.684. The summed E-state index contributed by atoms with van der Waals surface area (Å²) in [6.45, 7) is 8.60. The molecule has 0 bridgehead atoms. The SMILES string of the molecule is CC(=O)NCCCCCC(=O)N[C@@H]1CC(C)(C)Cc2oc(C)cc21. The maximum absolute atomic E-state index is 12.3. The monoisotopic (exact) mass is 334 g/mol. The summed E-state index contributed by atoms with van der Waals surface area (Å²) in [5, 5.41) is 5.96. The number of nitrogens with one attached hydrogen (secondary N) is 2. The minimum Gasteiger partial charge on any atom is -0.466 e. The van der Waals surface area contributed by atoms with Crippen LogP contribution in [0.2, 0.25) is 0 Å². The summed E-state index contributed by atoms with van der Waals surface area (Å²) >= 11 is 0. The second-order valence-corrected chi connectivity index (χ2v) is 7.69. The summed E-state index contributed by atoms with van der Waals surface area (Å²) in [5.41, 5.74) is 1.28. The summed E-state index contributed by atoms with van der Waals surface area (Å²) in [6.07, 6.45) is 5.09. The number of hydrogen-bond acceptors (Lipinski definition) is 3. The van der Waals surface area contributed by atoms with Gasteiger partial charge in [-0.3, -0.25) is 9.59 Å². The van der Waals surface area contributed by atoms with Crippen LogP contribution in [0.1, 0.15) is 76.0 Å². The first-order valence-electron chi connectivity index (χ1n) is 8.90. The molecule has 2 amide bonds. The van der Waals surface area contributed by atoms with E-state index in [0.29, 0.717) is 13.0 Å². The average Bonchev–Trinajstić information content (AvgIpc) is 2.81. The molecule has 5 nitrogen and oxygen atoms in total. The summed E-state index contributed by atoms with van der Waals surface area (Å²) in [7, 11) is 0. The van der Waals surface area contributed by atoms with Crippen molar-refractivity contribution in [3.8, 4) is 0 Å². The molecule has 5 heteroatoms. The van der Waals surface area contributed by atoms with Crippen LogP contribution in [0.25, 0.3) is 0 Å². The number of carbonyl (C=O) groups excluding carboxylic acids is 2. The lowest BCUT2D eigenvalue weighted by Gasteiger charge is -2.34. The lowest BCUT2D eigenvalue weighted by Crippen LogP contribution is -2.35. The maximum Gasteiger partial charge on any atom is 0.220 e. The molecule has 0 unspecified atom stereocenters. The lowest BCUT2D eigenvalue weighted by atomic mass is 9.74. The van der Waals surface area contributed by atoms with E-state index < -0.39 is 0 Å². The van der Waals surface area contributed by atoms with Gasteiger partial charge in [0.05, 0.1) is 6.04 Å². The predicted octanol–water partition coefficient (Wildman–Crippen LogP) is 3.41. The zero-order valence-electron chi connectivity index (χ0n) is 15.3. The predicted molar refractivity (Wildman–Crippen MR) is 93.6 cm³/mol. The topological polar surface area (TPSA) is 71.3 Å². The Bertz CT molecular complexity index is 589. The fourth-order valence-electron chi connectivity index (χ4n) is 3.43. The standard InChI is InChI=1S/C19H30N2O3/c1-13-10-15-16(11-19(3,4)12-17(15)24-13)21-18(23)8-6-5-7-9-20-14(2)22/h10,16H,5-9,11-12H2,1-4H3,(H,20,22)(H,21,23)/t16-/m1/s1. The van der Waals surface area contributed by atoms with Crippen molar-refractivity contribution in [3.05, 3.63) is 23.2 Å². The van der Waals surface area contributed by atoms with Crippen molar-refractivity contribution in [1.82, 2.24) is 10.6 Å². The van der Waals surface area contributed by atoms with Gasteiger partial charge in [0.1, 0.15) is 11.5 Å². The van der Waals surface area contributed by atoms with Gasteiger partial charge in [-0.05, 0) is 37.7 Å². The van der Waals surface area contributed by atoms with Gasteiger partial charge in [-0.25, -0.2) is 0 Å². The molecular formula is C19H30N2O3. The normalized spacial score (nSPS) is 18.8. The fourth-order valence-corrected chi connectivity index (χ4v) is 3.43. The van der Waals surface area contributed by atoms with Crippen LogP contribution in [0.3, 0.4) is 0 Å². The van der Waals surface area contributed by atoms with Gasteiger partial charge in [0.2, 0.25) is 11.8 Å². The van der Waals surface area contributed by atoms with Crippen LogP contribution in [0.15, 0.2) is 10.5 Å². The number of hydrogen-bond donors (Lipinski definition) is 2. The Kier molecular flexibility index (Phi) is 6.08. The van der Waals surface area contributed by atoms with Gasteiger partial charge >= 0.3 is 0 Å². The molecule has 1 aliphatic carbocycles. The second kappa shape index (κ2) is 7.86. The molecule has 1 heterocycles. The number of furan rings is 1. The molecule has 1 aromatic heterocycles. The number of amides is 2. The molecule has 0 aliphatic heterocycles. The summed E-state index contributed by atoms with van der Waals surface area (Å²) in [6, 6.07) is 2.11. The third-order valence-electron chi connectivity index (χ3n) is 4.53. The molecule has 0 saturated heterocycles. The smallest absolute Gasteiger partial charge is 0.220 e. The van der Waals surface area contributed by atoms with E-state index in [0.717, 1.165) is 49.2 Å². The van der Waals surface area contributed by atoms with E-state index in [2.05, 4.69) is 30.5 Å². The minimum absolute atomic E-state index is 0.00105. The Morgan fingerprint density at radius 3 is 2.75 bits per heavy atom. The van der Waals surface area contributed by atoms with Crippen LogP contribution < -0.4 is 10.6 Å².